The fourth-order valence-electron chi connectivity index (χ4n) is 1.89. The summed E-state index contributed by atoms with van der Waals surface area (Å²) in [5.74, 6) is 0.769. The molecule has 2 aromatic rings. The average Bonchev–Trinajstić information content (AvgIpc) is 3.01. The second-order valence-corrected chi connectivity index (χ2v) is 6.08. The fraction of sp³-hybridized carbons (Fsp3) is 0.222. The van der Waals surface area contributed by atoms with Crippen LogP contribution in [0.25, 0.3) is 17.4 Å². The number of nitrogens with one attached hydrogen (secondary N) is 1. The molecule has 0 spiro atoms. The van der Waals surface area contributed by atoms with Gasteiger partial charge in [-0.05, 0) is 37.6 Å². The van der Waals surface area contributed by atoms with Gasteiger partial charge in [0, 0.05) is 22.2 Å². The molecule has 1 aromatic carbocycles. The molecule has 0 aliphatic carbocycles. The van der Waals surface area contributed by atoms with Crippen LogP contribution in [0.3, 0.4) is 0 Å². The number of hydrogen-bond donors (Lipinski definition) is 1. The molecule has 0 aliphatic rings. The largest absolute Gasteiger partial charge is 0.457 e. The zero-order chi connectivity index (χ0) is 16.8. The van der Waals surface area contributed by atoms with E-state index in [1.54, 1.807) is 6.07 Å². The zero-order valence-electron chi connectivity index (χ0n) is 13.0. The lowest BCUT2D eigenvalue weighted by Crippen LogP contribution is -2.32. The molecule has 1 aromatic heterocycles. The third-order valence-electron chi connectivity index (χ3n) is 3.40. The second kappa shape index (κ2) is 7.80. The lowest BCUT2D eigenvalue weighted by molar-refractivity contribution is -0.117. The van der Waals surface area contributed by atoms with Gasteiger partial charge in [0.05, 0.1) is 0 Å². The highest BCUT2D eigenvalue weighted by Crippen LogP contribution is 2.25. The molecule has 1 heterocycles. The lowest BCUT2D eigenvalue weighted by Gasteiger charge is -2.09. The predicted octanol–water partition coefficient (Wildman–Crippen LogP) is 4.53. The molecule has 1 amide bonds. The van der Waals surface area contributed by atoms with Gasteiger partial charge in [0.15, 0.2) is 0 Å². The van der Waals surface area contributed by atoms with E-state index in [9.17, 15) is 10.1 Å². The Morgan fingerprint density at radius 3 is 2.65 bits per heavy atom. The Bertz CT molecular complexity index is 754. The first-order valence-electron chi connectivity index (χ1n) is 7.32. The van der Waals surface area contributed by atoms with Crippen molar-refractivity contribution in [1.29, 1.82) is 5.26 Å². The third kappa shape index (κ3) is 4.57. The van der Waals surface area contributed by atoms with Gasteiger partial charge in [0.25, 0.3) is 5.91 Å². The number of carbonyl (C=O) groups is 1. The van der Waals surface area contributed by atoms with Crippen molar-refractivity contribution in [2.24, 2.45) is 0 Å². The summed E-state index contributed by atoms with van der Waals surface area (Å²) in [6.45, 7) is 3.86. The topological polar surface area (TPSA) is 66.0 Å². The number of nitriles is 1. The van der Waals surface area contributed by atoms with Crippen LogP contribution in [0.15, 0.2) is 50.9 Å². The molecule has 5 heteroatoms. The number of nitrogens with zero attached hydrogens (tertiary/aromatic N) is 1. The predicted molar refractivity (Wildman–Crippen MR) is 93.3 cm³/mol. The van der Waals surface area contributed by atoms with Gasteiger partial charge in [-0.1, -0.05) is 35.0 Å². The number of benzene rings is 1. The van der Waals surface area contributed by atoms with Crippen LogP contribution in [-0.2, 0) is 4.79 Å². The summed E-state index contributed by atoms with van der Waals surface area (Å²) in [7, 11) is 0. The molecule has 0 aliphatic heterocycles. The van der Waals surface area contributed by atoms with Gasteiger partial charge in [0.2, 0.25) is 0 Å². The lowest BCUT2D eigenvalue weighted by atomic mass is 10.2. The minimum absolute atomic E-state index is 0.0224. The van der Waals surface area contributed by atoms with Crippen LogP contribution in [0.1, 0.15) is 26.0 Å². The number of rotatable bonds is 5. The van der Waals surface area contributed by atoms with Gasteiger partial charge < -0.3 is 9.73 Å². The van der Waals surface area contributed by atoms with E-state index >= 15 is 0 Å². The van der Waals surface area contributed by atoms with Gasteiger partial charge in [-0.15, -0.1) is 0 Å². The maximum atomic E-state index is 12.0. The Hall–Kier alpha value is -2.32. The summed E-state index contributed by atoms with van der Waals surface area (Å²) in [5, 5.41) is 11.9. The number of amides is 1. The van der Waals surface area contributed by atoms with Gasteiger partial charge in [0.1, 0.15) is 23.2 Å². The summed E-state index contributed by atoms with van der Waals surface area (Å²) >= 11 is 3.39. The summed E-state index contributed by atoms with van der Waals surface area (Å²) < 4.78 is 6.69. The van der Waals surface area contributed by atoms with E-state index in [1.165, 1.54) is 6.08 Å². The smallest absolute Gasteiger partial charge is 0.262 e. The summed E-state index contributed by atoms with van der Waals surface area (Å²) in [4.78, 5) is 12.0. The molecule has 1 atom stereocenters. The molecule has 0 unspecified atom stereocenters. The molecule has 0 saturated carbocycles. The number of furan rings is 1. The Balaban J connectivity index is 2.20. The van der Waals surface area contributed by atoms with Gasteiger partial charge >= 0.3 is 0 Å². The van der Waals surface area contributed by atoms with Crippen molar-refractivity contribution in [3.8, 4) is 17.4 Å². The van der Waals surface area contributed by atoms with Crippen molar-refractivity contribution in [2.75, 3.05) is 0 Å². The van der Waals surface area contributed by atoms with E-state index in [0.717, 1.165) is 16.5 Å². The van der Waals surface area contributed by atoms with E-state index in [-0.39, 0.29) is 17.5 Å². The molecule has 0 saturated heterocycles. The molecule has 0 fully saturated rings. The summed E-state index contributed by atoms with van der Waals surface area (Å²) in [6.07, 6.45) is 2.26. The van der Waals surface area contributed by atoms with Crippen LogP contribution in [0.5, 0.6) is 0 Å². The van der Waals surface area contributed by atoms with Crippen LogP contribution in [0.2, 0.25) is 0 Å². The Labute approximate surface area is 143 Å². The molecule has 0 bridgehead atoms. The Morgan fingerprint density at radius 1 is 1.35 bits per heavy atom. The Kier molecular flexibility index (Phi) is 5.78. The van der Waals surface area contributed by atoms with Crippen molar-refractivity contribution in [3.05, 3.63) is 52.2 Å². The van der Waals surface area contributed by atoms with Crippen molar-refractivity contribution >= 4 is 27.9 Å². The average molecular weight is 373 g/mol. The van der Waals surface area contributed by atoms with Crippen LogP contribution < -0.4 is 5.32 Å². The van der Waals surface area contributed by atoms with Crippen LogP contribution >= 0.6 is 15.9 Å². The highest BCUT2D eigenvalue weighted by molar-refractivity contribution is 9.10. The standard InChI is InChI=1S/C18H17BrN2O2/c1-3-12(2)21-18(22)14(11-20)10-16-8-9-17(23-16)13-4-6-15(19)7-5-13/h4-10,12H,3H2,1-2H3,(H,21,22)/b14-10+/t12-/m0/s1. The third-order valence-corrected chi connectivity index (χ3v) is 3.93. The monoisotopic (exact) mass is 372 g/mol. The van der Waals surface area contributed by atoms with Gasteiger partial charge in [-0.2, -0.15) is 5.26 Å². The normalized spacial score (nSPS) is 12.5. The summed E-state index contributed by atoms with van der Waals surface area (Å²) in [5.41, 5.74) is 0.956. The molecule has 23 heavy (non-hydrogen) atoms. The molecule has 1 N–H and O–H groups in total. The molecule has 2 rings (SSSR count). The number of halogens is 1. The van der Waals surface area contributed by atoms with Crippen molar-refractivity contribution in [2.45, 2.75) is 26.3 Å². The molecular formula is C18H17BrN2O2. The molecule has 0 radical (unpaired) electrons. The minimum atomic E-state index is -0.386. The highest BCUT2D eigenvalue weighted by Gasteiger charge is 2.12. The van der Waals surface area contributed by atoms with E-state index in [0.29, 0.717) is 11.5 Å². The summed E-state index contributed by atoms with van der Waals surface area (Å²) in [6, 6.07) is 13.2. The first kappa shape index (κ1) is 17.0. The van der Waals surface area contributed by atoms with Crippen molar-refractivity contribution < 1.29 is 9.21 Å². The number of hydrogen-bond acceptors (Lipinski definition) is 3. The highest BCUT2D eigenvalue weighted by atomic mass is 79.9. The Morgan fingerprint density at radius 2 is 2.04 bits per heavy atom. The minimum Gasteiger partial charge on any atom is -0.457 e. The first-order chi connectivity index (χ1) is 11.0. The maximum Gasteiger partial charge on any atom is 0.262 e. The van der Waals surface area contributed by atoms with E-state index in [4.69, 9.17) is 4.42 Å². The van der Waals surface area contributed by atoms with Gasteiger partial charge in [-0.25, -0.2) is 0 Å². The van der Waals surface area contributed by atoms with Crippen LogP contribution in [0.4, 0.5) is 0 Å². The SMILES string of the molecule is CC[C@H](C)NC(=O)/C(C#N)=C/c1ccc(-c2ccc(Br)cc2)o1. The second-order valence-electron chi connectivity index (χ2n) is 5.16. The quantitative estimate of drug-likeness (QED) is 0.619. The number of carbonyl (C=O) groups excluding carboxylic acids is 1. The van der Waals surface area contributed by atoms with Crippen molar-refractivity contribution in [1.82, 2.24) is 5.32 Å². The molecule has 4 nitrogen and oxygen atoms in total. The first-order valence-corrected chi connectivity index (χ1v) is 8.11. The van der Waals surface area contributed by atoms with E-state index < -0.39 is 0 Å². The molecular weight excluding hydrogens is 356 g/mol. The van der Waals surface area contributed by atoms with E-state index in [1.807, 2.05) is 50.2 Å². The van der Waals surface area contributed by atoms with Crippen molar-refractivity contribution in [3.63, 3.8) is 0 Å². The van der Waals surface area contributed by atoms with Crippen LogP contribution in [0, 0.1) is 11.3 Å². The van der Waals surface area contributed by atoms with Gasteiger partial charge in [-0.3, -0.25) is 4.79 Å². The zero-order valence-corrected chi connectivity index (χ0v) is 14.6. The van der Waals surface area contributed by atoms with Crippen LogP contribution in [-0.4, -0.2) is 11.9 Å². The van der Waals surface area contributed by atoms with E-state index in [2.05, 4.69) is 21.2 Å². The molecule has 118 valence electrons. The maximum absolute atomic E-state index is 12.0. The fourth-order valence-corrected chi connectivity index (χ4v) is 2.16.